The fourth-order valence-corrected chi connectivity index (χ4v) is 2.67. The summed E-state index contributed by atoms with van der Waals surface area (Å²) in [4.78, 5) is 4.54. The highest BCUT2D eigenvalue weighted by Gasteiger charge is 2.41. The number of aromatic nitrogens is 1. The summed E-state index contributed by atoms with van der Waals surface area (Å²) in [6.07, 6.45) is 2.33. The molecular weight excluding hydrogens is 206 g/mol. The van der Waals surface area contributed by atoms with Crippen molar-refractivity contribution in [1.82, 2.24) is 4.98 Å². The van der Waals surface area contributed by atoms with Gasteiger partial charge in [-0.2, -0.15) is 0 Å². The molecule has 4 heteroatoms. The minimum absolute atomic E-state index is 0.147. The van der Waals surface area contributed by atoms with E-state index in [0.29, 0.717) is 6.54 Å². The predicted octanol–water partition coefficient (Wildman–Crippen LogP) is 2.20. The van der Waals surface area contributed by atoms with Crippen molar-refractivity contribution >= 4 is 26.7 Å². The lowest BCUT2D eigenvalue weighted by Gasteiger charge is -2.12. The van der Waals surface area contributed by atoms with Crippen molar-refractivity contribution in [2.24, 2.45) is 5.73 Å². The lowest BCUT2D eigenvalue weighted by Crippen LogP contribution is -2.30. The maximum absolute atomic E-state index is 5.73. The molecule has 1 aromatic heterocycles. The second-order valence-corrected chi connectivity index (χ2v) is 5.13. The molecule has 2 aromatic rings. The molecule has 15 heavy (non-hydrogen) atoms. The van der Waals surface area contributed by atoms with E-state index in [2.05, 4.69) is 16.4 Å². The van der Waals surface area contributed by atoms with Gasteiger partial charge < -0.3 is 11.1 Å². The van der Waals surface area contributed by atoms with E-state index in [9.17, 15) is 0 Å². The van der Waals surface area contributed by atoms with Gasteiger partial charge in [0, 0.05) is 6.54 Å². The minimum atomic E-state index is 0.147. The van der Waals surface area contributed by atoms with Crippen LogP contribution in [0.1, 0.15) is 12.8 Å². The first-order valence-electron chi connectivity index (χ1n) is 5.15. The quantitative estimate of drug-likeness (QED) is 0.832. The van der Waals surface area contributed by atoms with E-state index in [4.69, 9.17) is 5.73 Å². The highest BCUT2D eigenvalue weighted by atomic mass is 32.1. The lowest BCUT2D eigenvalue weighted by molar-refractivity contribution is 0.741. The molecule has 1 aliphatic carbocycles. The summed E-state index contributed by atoms with van der Waals surface area (Å²) in [5.74, 6) is 0. The first-order valence-corrected chi connectivity index (χ1v) is 5.97. The van der Waals surface area contributed by atoms with Gasteiger partial charge in [-0.1, -0.05) is 23.5 Å². The molecular formula is C11H13N3S. The number of fused-ring (bicyclic) bond motifs is 1. The number of anilines is 1. The second kappa shape index (κ2) is 3.18. The zero-order valence-electron chi connectivity index (χ0n) is 8.36. The van der Waals surface area contributed by atoms with Crippen LogP contribution in [-0.2, 0) is 0 Å². The van der Waals surface area contributed by atoms with Crippen LogP contribution >= 0.6 is 11.3 Å². The van der Waals surface area contributed by atoms with Gasteiger partial charge in [0.25, 0.3) is 0 Å². The summed E-state index contributed by atoms with van der Waals surface area (Å²) in [5, 5.41) is 4.45. The Balaban J connectivity index is 1.92. The molecule has 3 N–H and O–H groups in total. The van der Waals surface area contributed by atoms with Gasteiger partial charge in [0.05, 0.1) is 15.8 Å². The third kappa shape index (κ3) is 1.60. The maximum atomic E-state index is 5.73. The molecule has 0 spiro atoms. The number of benzene rings is 1. The molecule has 3 rings (SSSR count). The fraction of sp³-hybridized carbons (Fsp3) is 0.364. The molecule has 0 atom stereocenters. The van der Waals surface area contributed by atoms with Crippen LogP contribution in [0.15, 0.2) is 24.3 Å². The maximum Gasteiger partial charge on any atom is 0.184 e. The Labute approximate surface area is 92.3 Å². The molecule has 1 aromatic carbocycles. The van der Waals surface area contributed by atoms with Crippen molar-refractivity contribution in [1.29, 1.82) is 0 Å². The van der Waals surface area contributed by atoms with E-state index in [0.717, 1.165) is 10.6 Å². The number of nitrogens with one attached hydrogen (secondary N) is 1. The summed E-state index contributed by atoms with van der Waals surface area (Å²) in [7, 11) is 0. The Bertz CT molecular complexity index is 454. The van der Waals surface area contributed by atoms with Gasteiger partial charge >= 0.3 is 0 Å². The molecule has 0 amide bonds. The lowest BCUT2D eigenvalue weighted by atomic mass is 10.3. The summed E-state index contributed by atoms with van der Waals surface area (Å²) in [6.45, 7) is 0.697. The van der Waals surface area contributed by atoms with Crippen molar-refractivity contribution in [3.8, 4) is 0 Å². The molecule has 1 saturated carbocycles. The summed E-state index contributed by atoms with van der Waals surface area (Å²) in [6, 6.07) is 8.20. The smallest absolute Gasteiger partial charge is 0.184 e. The molecule has 0 aliphatic heterocycles. The number of rotatable bonds is 3. The van der Waals surface area contributed by atoms with Crippen molar-refractivity contribution in [2.75, 3.05) is 11.9 Å². The van der Waals surface area contributed by atoms with E-state index in [1.807, 2.05) is 18.2 Å². The average Bonchev–Trinajstić information content (AvgIpc) is 2.91. The average molecular weight is 219 g/mol. The van der Waals surface area contributed by atoms with Crippen LogP contribution in [0.4, 0.5) is 5.13 Å². The second-order valence-electron chi connectivity index (χ2n) is 4.10. The number of para-hydroxylation sites is 1. The Morgan fingerprint density at radius 3 is 2.87 bits per heavy atom. The van der Waals surface area contributed by atoms with Crippen LogP contribution in [0.2, 0.25) is 0 Å². The van der Waals surface area contributed by atoms with Crippen molar-refractivity contribution in [2.45, 2.75) is 18.4 Å². The normalized spacial score (nSPS) is 17.9. The molecule has 0 radical (unpaired) electrons. The van der Waals surface area contributed by atoms with Crippen LogP contribution < -0.4 is 11.1 Å². The predicted molar refractivity (Wildman–Crippen MR) is 64.3 cm³/mol. The molecule has 78 valence electrons. The number of nitrogens with zero attached hydrogens (tertiary/aromatic N) is 1. The number of nitrogens with two attached hydrogens (primary N) is 1. The molecule has 0 bridgehead atoms. The van der Waals surface area contributed by atoms with Crippen LogP contribution in [-0.4, -0.2) is 17.1 Å². The van der Waals surface area contributed by atoms with E-state index < -0.39 is 0 Å². The van der Waals surface area contributed by atoms with Crippen LogP contribution in [0.25, 0.3) is 10.2 Å². The largest absolute Gasteiger partial charge is 0.355 e. The summed E-state index contributed by atoms with van der Waals surface area (Å²) in [5.41, 5.74) is 6.94. The molecule has 1 aliphatic rings. The third-order valence-corrected chi connectivity index (χ3v) is 3.86. The SMILES string of the molecule is NCC1(Nc2nc3ccccc3s2)CC1. The van der Waals surface area contributed by atoms with Gasteiger partial charge in [0.15, 0.2) is 5.13 Å². The first-order chi connectivity index (χ1) is 7.31. The van der Waals surface area contributed by atoms with Crippen molar-refractivity contribution in [3.63, 3.8) is 0 Å². The van der Waals surface area contributed by atoms with E-state index in [-0.39, 0.29) is 5.54 Å². The Morgan fingerprint density at radius 2 is 2.20 bits per heavy atom. The van der Waals surface area contributed by atoms with Crippen LogP contribution in [0, 0.1) is 0 Å². The molecule has 3 nitrogen and oxygen atoms in total. The topological polar surface area (TPSA) is 50.9 Å². The Hall–Kier alpha value is -1.13. The number of thiazole rings is 1. The van der Waals surface area contributed by atoms with Gasteiger partial charge in [-0.3, -0.25) is 0 Å². The Morgan fingerprint density at radius 1 is 1.40 bits per heavy atom. The van der Waals surface area contributed by atoms with Gasteiger partial charge in [0.2, 0.25) is 0 Å². The highest BCUT2D eigenvalue weighted by molar-refractivity contribution is 7.22. The zero-order valence-corrected chi connectivity index (χ0v) is 9.18. The molecule has 1 fully saturated rings. The van der Waals surface area contributed by atoms with Gasteiger partial charge in [0.1, 0.15) is 0 Å². The zero-order chi connectivity index (χ0) is 10.3. The summed E-state index contributed by atoms with van der Waals surface area (Å²) >= 11 is 1.70. The monoisotopic (exact) mass is 219 g/mol. The first kappa shape index (κ1) is 9.12. The van der Waals surface area contributed by atoms with Gasteiger partial charge in [-0.05, 0) is 25.0 Å². The van der Waals surface area contributed by atoms with Crippen molar-refractivity contribution in [3.05, 3.63) is 24.3 Å². The summed E-state index contributed by atoms with van der Waals surface area (Å²) < 4.78 is 1.23. The Kier molecular flexibility index (Phi) is 1.94. The molecule has 1 heterocycles. The fourth-order valence-electron chi connectivity index (χ4n) is 1.68. The number of hydrogen-bond donors (Lipinski definition) is 2. The van der Waals surface area contributed by atoms with Gasteiger partial charge in [-0.15, -0.1) is 0 Å². The number of hydrogen-bond acceptors (Lipinski definition) is 4. The standard InChI is InChI=1S/C11H13N3S/c12-7-11(5-6-11)14-10-13-8-3-1-2-4-9(8)15-10/h1-4H,5-7,12H2,(H,13,14). The van der Waals surface area contributed by atoms with E-state index in [1.54, 1.807) is 11.3 Å². The van der Waals surface area contributed by atoms with E-state index >= 15 is 0 Å². The highest BCUT2D eigenvalue weighted by Crippen LogP contribution is 2.39. The van der Waals surface area contributed by atoms with E-state index in [1.165, 1.54) is 17.5 Å². The molecule has 0 saturated heterocycles. The third-order valence-electron chi connectivity index (χ3n) is 2.91. The minimum Gasteiger partial charge on any atom is -0.355 e. The van der Waals surface area contributed by atoms with Crippen LogP contribution in [0.3, 0.4) is 0 Å². The van der Waals surface area contributed by atoms with Crippen molar-refractivity contribution < 1.29 is 0 Å². The van der Waals surface area contributed by atoms with Gasteiger partial charge in [-0.25, -0.2) is 4.98 Å². The van der Waals surface area contributed by atoms with Crippen LogP contribution in [0.5, 0.6) is 0 Å². The molecule has 0 unspecified atom stereocenters.